The molecule has 0 saturated heterocycles. The highest BCUT2D eigenvalue weighted by Gasteiger charge is 2.62. The van der Waals surface area contributed by atoms with Crippen LogP contribution in [0.15, 0.2) is 18.2 Å². The second-order valence-electron chi connectivity index (χ2n) is 4.04. The van der Waals surface area contributed by atoms with Crippen molar-refractivity contribution in [3.05, 3.63) is 35.1 Å². The molecule has 1 aromatic carbocycles. The number of alkyl halides is 2. The van der Waals surface area contributed by atoms with Crippen molar-refractivity contribution in [2.24, 2.45) is 0 Å². The Hall–Kier alpha value is -1.03. The highest BCUT2D eigenvalue weighted by Crippen LogP contribution is 2.54. The van der Waals surface area contributed by atoms with E-state index in [1.807, 2.05) is 0 Å². The van der Waals surface area contributed by atoms with E-state index in [4.69, 9.17) is 0 Å². The van der Waals surface area contributed by atoms with E-state index in [9.17, 15) is 18.3 Å². The SMILES string of the molecule is Cc1cccc(C(F)(F)C2(O)CC2)c1F. The molecule has 1 fully saturated rings. The zero-order chi connectivity index (χ0) is 11.3. The maximum Gasteiger partial charge on any atom is 0.304 e. The lowest BCUT2D eigenvalue weighted by Gasteiger charge is -2.23. The van der Waals surface area contributed by atoms with Crippen LogP contribution in [-0.2, 0) is 5.92 Å². The summed E-state index contributed by atoms with van der Waals surface area (Å²) in [6, 6.07) is 3.82. The summed E-state index contributed by atoms with van der Waals surface area (Å²) in [5.41, 5.74) is -2.58. The number of halogens is 3. The molecule has 0 atom stereocenters. The van der Waals surface area contributed by atoms with Crippen LogP contribution in [0, 0.1) is 12.7 Å². The van der Waals surface area contributed by atoms with E-state index >= 15 is 0 Å². The molecule has 1 aliphatic carbocycles. The molecule has 0 aliphatic heterocycles. The van der Waals surface area contributed by atoms with Crippen molar-refractivity contribution in [3.63, 3.8) is 0 Å². The minimum Gasteiger partial charge on any atom is -0.383 e. The summed E-state index contributed by atoms with van der Waals surface area (Å²) in [5, 5.41) is 9.41. The topological polar surface area (TPSA) is 20.2 Å². The molecule has 1 saturated carbocycles. The van der Waals surface area contributed by atoms with Gasteiger partial charge in [-0.3, -0.25) is 0 Å². The molecule has 0 aromatic heterocycles. The van der Waals surface area contributed by atoms with Crippen molar-refractivity contribution in [3.8, 4) is 0 Å². The maximum atomic E-state index is 13.7. The fourth-order valence-electron chi connectivity index (χ4n) is 1.57. The van der Waals surface area contributed by atoms with Gasteiger partial charge in [0, 0.05) is 0 Å². The van der Waals surface area contributed by atoms with Gasteiger partial charge in [0.2, 0.25) is 0 Å². The van der Waals surface area contributed by atoms with E-state index in [2.05, 4.69) is 0 Å². The summed E-state index contributed by atoms with van der Waals surface area (Å²) in [4.78, 5) is 0. The first-order valence-electron chi connectivity index (χ1n) is 4.74. The van der Waals surface area contributed by atoms with Gasteiger partial charge in [-0.25, -0.2) is 4.39 Å². The van der Waals surface area contributed by atoms with Crippen LogP contribution in [0.4, 0.5) is 13.2 Å². The standard InChI is InChI=1S/C11H11F3O/c1-7-3-2-4-8(9(7)12)11(13,14)10(15)5-6-10/h2-4,15H,5-6H2,1H3. The van der Waals surface area contributed by atoms with Crippen LogP contribution in [0.25, 0.3) is 0 Å². The monoisotopic (exact) mass is 216 g/mol. The Morgan fingerprint density at radius 3 is 2.47 bits per heavy atom. The molecule has 1 nitrogen and oxygen atoms in total. The van der Waals surface area contributed by atoms with E-state index in [-0.39, 0.29) is 18.4 Å². The third-order valence-electron chi connectivity index (χ3n) is 2.84. The van der Waals surface area contributed by atoms with Gasteiger partial charge >= 0.3 is 5.92 Å². The van der Waals surface area contributed by atoms with Gasteiger partial charge in [-0.15, -0.1) is 0 Å². The Kier molecular flexibility index (Phi) is 2.08. The highest BCUT2D eigenvalue weighted by molar-refractivity contribution is 5.32. The molecule has 1 aromatic rings. The molecule has 15 heavy (non-hydrogen) atoms. The summed E-state index contributed by atoms with van der Waals surface area (Å²) in [7, 11) is 0. The van der Waals surface area contributed by atoms with E-state index in [0.717, 1.165) is 6.07 Å². The third kappa shape index (κ3) is 1.44. The largest absolute Gasteiger partial charge is 0.383 e. The minimum atomic E-state index is -3.50. The number of benzene rings is 1. The molecule has 0 bridgehead atoms. The van der Waals surface area contributed by atoms with Gasteiger partial charge in [-0.2, -0.15) is 8.78 Å². The first kappa shape index (κ1) is 10.5. The van der Waals surface area contributed by atoms with Gasteiger partial charge in [0.15, 0.2) is 0 Å². The fraction of sp³-hybridized carbons (Fsp3) is 0.455. The van der Waals surface area contributed by atoms with Gasteiger partial charge in [-0.05, 0) is 31.4 Å². The van der Waals surface area contributed by atoms with Crippen LogP contribution in [0.2, 0.25) is 0 Å². The second-order valence-corrected chi connectivity index (χ2v) is 4.04. The molecule has 0 heterocycles. The average Bonchev–Trinajstić information content (AvgIpc) is 2.90. The summed E-state index contributed by atoms with van der Waals surface area (Å²) >= 11 is 0. The van der Waals surface area contributed by atoms with Crippen LogP contribution in [0.3, 0.4) is 0 Å². The van der Waals surface area contributed by atoms with Gasteiger partial charge in [0.25, 0.3) is 0 Å². The van der Waals surface area contributed by atoms with Crippen LogP contribution >= 0.6 is 0 Å². The Labute approximate surface area is 85.5 Å². The van der Waals surface area contributed by atoms with Crippen LogP contribution in [0.1, 0.15) is 24.0 Å². The predicted octanol–water partition coefficient (Wildman–Crippen LogP) is 2.75. The van der Waals surface area contributed by atoms with Gasteiger partial charge in [0.05, 0.1) is 5.56 Å². The lowest BCUT2D eigenvalue weighted by molar-refractivity contribution is -0.134. The first-order chi connectivity index (χ1) is 6.88. The van der Waals surface area contributed by atoms with E-state index in [1.54, 1.807) is 0 Å². The second kappa shape index (κ2) is 2.98. The Balaban J connectivity index is 2.49. The third-order valence-corrected chi connectivity index (χ3v) is 2.84. The molecule has 82 valence electrons. The van der Waals surface area contributed by atoms with Gasteiger partial charge in [0.1, 0.15) is 11.4 Å². The molecule has 1 aliphatic rings. The molecular weight excluding hydrogens is 205 g/mol. The van der Waals surface area contributed by atoms with E-state index < -0.39 is 22.9 Å². The predicted molar refractivity (Wildman–Crippen MR) is 49.2 cm³/mol. The average molecular weight is 216 g/mol. The van der Waals surface area contributed by atoms with Gasteiger partial charge < -0.3 is 5.11 Å². The smallest absolute Gasteiger partial charge is 0.304 e. The molecule has 0 radical (unpaired) electrons. The lowest BCUT2D eigenvalue weighted by Crippen LogP contribution is -2.33. The van der Waals surface area contributed by atoms with Gasteiger partial charge in [-0.1, -0.05) is 12.1 Å². The van der Waals surface area contributed by atoms with Crippen molar-refractivity contribution in [1.82, 2.24) is 0 Å². The van der Waals surface area contributed by atoms with Crippen molar-refractivity contribution in [2.75, 3.05) is 0 Å². The summed E-state index contributed by atoms with van der Waals surface area (Å²) in [6.07, 6.45) is 0.0424. The molecule has 1 N–H and O–H groups in total. The van der Waals surface area contributed by atoms with E-state index in [0.29, 0.717) is 0 Å². The number of aryl methyl sites for hydroxylation is 1. The first-order valence-corrected chi connectivity index (χ1v) is 4.74. The van der Waals surface area contributed by atoms with E-state index in [1.165, 1.54) is 19.1 Å². The molecule has 0 unspecified atom stereocenters. The normalized spacial score (nSPS) is 19.0. The Morgan fingerprint density at radius 1 is 1.33 bits per heavy atom. The molecule has 0 amide bonds. The van der Waals surface area contributed by atoms with Crippen molar-refractivity contribution in [2.45, 2.75) is 31.3 Å². The number of rotatable bonds is 2. The quantitative estimate of drug-likeness (QED) is 0.805. The van der Waals surface area contributed by atoms with Crippen LogP contribution in [0.5, 0.6) is 0 Å². The Morgan fingerprint density at radius 2 is 1.93 bits per heavy atom. The van der Waals surface area contributed by atoms with Crippen LogP contribution < -0.4 is 0 Å². The summed E-state index contributed by atoms with van der Waals surface area (Å²) < 4.78 is 40.8. The maximum absolute atomic E-state index is 13.7. The number of aliphatic hydroxyl groups is 1. The van der Waals surface area contributed by atoms with Crippen molar-refractivity contribution >= 4 is 0 Å². The Bertz CT molecular complexity index is 397. The molecule has 2 rings (SSSR count). The number of hydrogen-bond donors (Lipinski definition) is 1. The molecule has 0 spiro atoms. The lowest BCUT2D eigenvalue weighted by atomic mass is 9.99. The van der Waals surface area contributed by atoms with Crippen molar-refractivity contribution in [1.29, 1.82) is 0 Å². The minimum absolute atomic E-state index is 0.0212. The highest BCUT2D eigenvalue weighted by atomic mass is 19.3. The molecule has 4 heteroatoms. The van der Waals surface area contributed by atoms with Crippen LogP contribution in [-0.4, -0.2) is 10.7 Å². The summed E-state index contributed by atoms with van der Waals surface area (Å²) in [6.45, 7) is 1.42. The molecular formula is C11H11F3O. The summed E-state index contributed by atoms with van der Waals surface area (Å²) in [5.74, 6) is -4.42. The number of hydrogen-bond acceptors (Lipinski definition) is 1. The fourth-order valence-corrected chi connectivity index (χ4v) is 1.57. The zero-order valence-corrected chi connectivity index (χ0v) is 8.23. The van der Waals surface area contributed by atoms with Crippen molar-refractivity contribution < 1.29 is 18.3 Å². The zero-order valence-electron chi connectivity index (χ0n) is 8.23.